The van der Waals surface area contributed by atoms with Crippen molar-refractivity contribution in [3.8, 4) is 5.88 Å². The molecule has 0 bridgehead atoms. The van der Waals surface area contributed by atoms with E-state index in [1.54, 1.807) is 13.3 Å². The summed E-state index contributed by atoms with van der Waals surface area (Å²) >= 11 is 0. The molecule has 0 spiro atoms. The number of hydrogen-bond donors (Lipinski definition) is 1. The highest BCUT2D eigenvalue weighted by molar-refractivity contribution is 5.32. The maximum atomic E-state index is 9.66. The third kappa shape index (κ3) is 1.38. The molecule has 1 aliphatic carbocycles. The molecule has 1 saturated carbocycles. The quantitative estimate of drug-likeness (QED) is 0.791. The van der Waals surface area contributed by atoms with Crippen LogP contribution in [0, 0.1) is 0 Å². The second kappa shape index (κ2) is 3.24. The molecule has 1 aliphatic rings. The van der Waals surface area contributed by atoms with Gasteiger partial charge in [-0.2, -0.15) is 0 Å². The Bertz CT molecular complexity index is 315. The predicted octanol–water partition coefficient (Wildman–Crippen LogP) is 1.50. The van der Waals surface area contributed by atoms with Crippen LogP contribution in [0.4, 0.5) is 0 Å². The molecule has 0 amide bonds. The van der Waals surface area contributed by atoms with Crippen molar-refractivity contribution in [1.82, 2.24) is 4.98 Å². The lowest BCUT2D eigenvalue weighted by molar-refractivity contribution is 0.150. The first-order valence-electron chi connectivity index (χ1n) is 4.87. The summed E-state index contributed by atoms with van der Waals surface area (Å²) in [5, 5.41) is 9.66. The van der Waals surface area contributed by atoms with E-state index in [2.05, 4.69) is 4.98 Å². The van der Waals surface area contributed by atoms with Crippen molar-refractivity contribution in [2.75, 3.05) is 7.11 Å². The lowest BCUT2D eigenvalue weighted by Gasteiger charge is -2.18. The van der Waals surface area contributed by atoms with Gasteiger partial charge in [-0.3, -0.25) is 0 Å². The highest BCUT2D eigenvalue weighted by atomic mass is 16.5. The first-order valence-corrected chi connectivity index (χ1v) is 4.87. The third-order valence-corrected chi connectivity index (χ3v) is 3.11. The van der Waals surface area contributed by atoms with Crippen LogP contribution in [0.25, 0.3) is 0 Å². The van der Waals surface area contributed by atoms with Gasteiger partial charge in [-0.05, 0) is 25.3 Å². The summed E-state index contributed by atoms with van der Waals surface area (Å²) in [6.45, 7) is 1.84. The molecule has 1 heterocycles. The first kappa shape index (κ1) is 9.46. The van der Waals surface area contributed by atoms with Crippen molar-refractivity contribution in [2.45, 2.75) is 31.3 Å². The topological polar surface area (TPSA) is 42.4 Å². The highest BCUT2D eigenvalue weighted by Crippen LogP contribution is 2.50. The van der Waals surface area contributed by atoms with Crippen LogP contribution in [-0.4, -0.2) is 23.3 Å². The fourth-order valence-corrected chi connectivity index (χ4v) is 1.88. The number of nitrogens with zero attached hydrogens (tertiary/aromatic N) is 1. The Morgan fingerprint density at radius 1 is 1.50 bits per heavy atom. The van der Waals surface area contributed by atoms with Crippen molar-refractivity contribution in [3.05, 3.63) is 23.9 Å². The number of hydrogen-bond acceptors (Lipinski definition) is 3. The fourth-order valence-electron chi connectivity index (χ4n) is 1.88. The number of pyridine rings is 1. The molecular formula is C11H15NO2. The minimum Gasteiger partial charge on any atom is -0.481 e. The van der Waals surface area contributed by atoms with Crippen molar-refractivity contribution in [2.24, 2.45) is 0 Å². The maximum absolute atomic E-state index is 9.66. The van der Waals surface area contributed by atoms with Crippen molar-refractivity contribution in [3.63, 3.8) is 0 Å². The smallest absolute Gasteiger partial charge is 0.212 e. The molecule has 0 aromatic carbocycles. The molecule has 1 atom stereocenters. The largest absolute Gasteiger partial charge is 0.481 e. The van der Waals surface area contributed by atoms with E-state index < -0.39 is 0 Å². The number of aliphatic hydroxyl groups excluding tert-OH is 1. The van der Waals surface area contributed by atoms with Crippen molar-refractivity contribution >= 4 is 0 Å². The van der Waals surface area contributed by atoms with E-state index in [9.17, 15) is 5.11 Å². The van der Waals surface area contributed by atoms with Crippen LogP contribution in [0.5, 0.6) is 5.88 Å². The molecule has 1 unspecified atom stereocenters. The second-order valence-electron chi connectivity index (χ2n) is 3.92. The summed E-state index contributed by atoms with van der Waals surface area (Å²) in [5.41, 5.74) is 1.09. The summed E-state index contributed by atoms with van der Waals surface area (Å²) < 4.78 is 4.99. The van der Waals surface area contributed by atoms with Gasteiger partial charge >= 0.3 is 0 Å². The highest BCUT2D eigenvalue weighted by Gasteiger charge is 2.48. The lowest BCUT2D eigenvalue weighted by atomic mass is 9.92. The maximum Gasteiger partial charge on any atom is 0.212 e. The molecule has 3 heteroatoms. The van der Waals surface area contributed by atoms with E-state index in [1.165, 1.54) is 0 Å². The average Bonchev–Trinajstić information content (AvgIpc) is 2.99. The molecule has 14 heavy (non-hydrogen) atoms. The van der Waals surface area contributed by atoms with E-state index in [4.69, 9.17) is 4.74 Å². The number of aliphatic hydroxyl groups is 1. The monoisotopic (exact) mass is 193 g/mol. The molecule has 1 aromatic heterocycles. The van der Waals surface area contributed by atoms with Crippen LogP contribution in [0.3, 0.4) is 0 Å². The van der Waals surface area contributed by atoms with Crippen molar-refractivity contribution in [1.29, 1.82) is 0 Å². The van der Waals surface area contributed by atoms with Crippen LogP contribution in [-0.2, 0) is 5.41 Å². The van der Waals surface area contributed by atoms with Gasteiger partial charge in [-0.25, -0.2) is 4.98 Å². The number of methoxy groups -OCH3 is 1. The summed E-state index contributed by atoms with van der Waals surface area (Å²) in [7, 11) is 1.60. The lowest BCUT2D eigenvalue weighted by Crippen LogP contribution is -2.22. The Balaban J connectivity index is 2.25. The summed E-state index contributed by atoms with van der Waals surface area (Å²) in [5.74, 6) is 0.621. The zero-order chi connectivity index (χ0) is 10.2. The first-order chi connectivity index (χ1) is 6.69. The molecule has 1 N–H and O–H groups in total. The van der Waals surface area contributed by atoms with Gasteiger partial charge in [0.1, 0.15) is 0 Å². The average molecular weight is 193 g/mol. The standard InChI is InChI=1S/C11H15NO2/c1-8(13)11(5-6-11)9-3-4-10(14-2)12-7-9/h3-4,7-8,13H,5-6H2,1-2H3. The van der Waals surface area contributed by atoms with E-state index in [0.29, 0.717) is 5.88 Å². The fraction of sp³-hybridized carbons (Fsp3) is 0.545. The van der Waals surface area contributed by atoms with E-state index >= 15 is 0 Å². The molecule has 0 aliphatic heterocycles. The Hall–Kier alpha value is -1.09. The molecule has 1 fully saturated rings. The zero-order valence-electron chi connectivity index (χ0n) is 8.53. The predicted molar refractivity (Wildman–Crippen MR) is 53.4 cm³/mol. The van der Waals surface area contributed by atoms with Gasteiger partial charge in [0, 0.05) is 17.7 Å². The molecule has 0 radical (unpaired) electrons. The molecule has 3 nitrogen and oxygen atoms in total. The molecule has 0 saturated heterocycles. The minimum absolute atomic E-state index is 0.0285. The number of aromatic nitrogens is 1. The molecule has 76 valence electrons. The Morgan fingerprint density at radius 3 is 2.57 bits per heavy atom. The van der Waals surface area contributed by atoms with E-state index in [1.807, 2.05) is 19.1 Å². The number of ether oxygens (including phenoxy) is 1. The van der Waals surface area contributed by atoms with Gasteiger partial charge in [0.15, 0.2) is 0 Å². The van der Waals surface area contributed by atoms with Gasteiger partial charge in [-0.15, -0.1) is 0 Å². The normalized spacial score (nSPS) is 20.2. The van der Waals surface area contributed by atoms with E-state index in [0.717, 1.165) is 18.4 Å². The summed E-state index contributed by atoms with van der Waals surface area (Å²) in [4.78, 5) is 4.15. The zero-order valence-corrected chi connectivity index (χ0v) is 8.53. The molecule has 1 aromatic rings. The summed E-state index contributed by atoms with van der Waals surface area (Å²) in [6.07, 6.45) is 3.62. The Morgan fingerprint density at radius 2 is 2.21 bits per heavy atom. The summed E-state index contributed by atoms with van der Waals surface area (Å²) in [6, 6.07) is 3.84. The van der Waals surface area contributed by atoms with Crippen LogP contribution >= 0.6 is 0 Å². The van der Waals surface area contributed by atoms with E-state index in [-0.39, 0.29) is 11.5 Å². The van der Waals surface area contributed by atoms with Gasteiger partial charge in [0.2, 0.25) is 5.88 Å². The SMILES string of the molecule is COc1ccc(C2(C(C)O)CC2)cn1. The molecular weight excluding hydrogens is 178 g/mol. The van der Waals surface area contributed by atoms with Crippen molar-refractivity contribution < 1.29 is 9.84 Å². The van der Waals surface area contributed by atoms with Gasteiger partial charge in [0.25, 0.3) is 0 Å². The third-order valence-electron chi connectivity index (χ3n) is 3.11. The van der Waals surface area contributed by atoms with Gasteiger partial charge in [0.05, 0.1) is 13.2 Å². The van der Waals surface area contributed by atoms with Crippen LogP contribution in [0.15, 0.2) is 18.3 Å². The van der Waals surface area contributed by atoms with Gasteiger partial charge in [-0.1, -0.05) is 6.07 Å². The van der Waals surface area contributed by atoms with Gasteiger partial charge < -0.3 is 9.84 Å². The Labute approximate surface area is 83.7 Å². The second-order valence-corrected chi connectivity index (χ2v) is 3.92. The van der Waals surface area contributed by atoms with Crippen LogP contribution in [0.2, 0.25) is 0 Å². The van der Waals surface area contributed by atoms with Crippen LogP contribution in [0.1, 0.15) is 25.3 Å². The number of rotatable bonds is 3. The molecule has 2 rings (SSSR count). The minimum atomic E-state index is -0.294. The van der Waals surface area contributed by atoms with Crippen LogP contribution < -0.4 is 4.74 Å². The Kier molecular flexibility index (Phi) is 2.19.